The number of nitrogens with zero attached hydrogens (tertiary/aromatic N) is 2. The number of amides is 1. The standard InChI is InChI=1S/C19H21ClFN3O2/c1-12-10-14(8-9-24(12)2)26-18-5-3-4-17(22-18)23-19(25)15-7-6-13(21)11-16(15)20/h3-7,11-12,14H,8-10H2,1-2H3,(H,22,23,25). The second-order valence-corrected chi connectivity index (χ2v) is 6.94. The first-order valence-electron chi connectivity index (χ1n) is 8.52. The molecule has 1 fully saturated rings. The first-order chi connectivity index (χ1) is 12.4. The molecule has 0 saturated carbocycles. The van der Waals surface area contributed by atoms with Crippen LogP contribution in [0.4, 0.5) is 10.2 Å². The van der Waals surface area contributed by atoms with Crippen LogP contribution < -0.4 is 10.1 Å². The lowest BCUT2D eigenvalue weighted by Crippen LogP contribution is -2.42. The maximum Gasteiger partial charge on any atom is 0.258 e. The molecule has 0 radical (unpaired) electrons. The van der Waals surface area contributed by atoms with Crippen LogP contribution in [0.1, 0.15) is 30.1 Å². The highest BCUT2D eigenvalue weighted by molar-refractivity contribution is 6.34. The second-order valence-electron chi connectivity index (χ2n) is 6.53. The van der Waals surface area contributed by atoms with Gasteiger partial charge in [-0.3, -0.25) is 4.79 Å². The lowest BCUT2D eigenvalue weighted by Gasteiger charge is -2.34. The summed E-state index contributed by atoms with van der Waals surface area (Å²) in [6.07, 6.45) is 1.97. The molecule has 1 aromatic carbocycles. The number of carbonyl (C=O) groups excluding carboxylic acids is 1. The van der Waals surface area contributed by atoms with E-state index in [-0.39, 0.29) is 16.7 Å². The molecule has 2 heterocycles. The van der Waals surface area contributed by atoms with Gasteiger partial charge in [-0.15, -0.1) is 0 Å². The number of pyridine rings is 1. The largest absolute Gasteiger partial charge is 0.474 e. The van der Waals surface area contributed by atoms with Gasteiger partial charge in [-0.05, 0) is 51.1 Å². The Balaban J connectivity index is 1.66. The molecular formula is C19H21ClFN3O2. The molecular weight excluding hydrogens is 357 g/mol. The summed E-state index contributed by atoms with van der Waals surface area (Å²) in [5, 5.41) is 2.72. The van der Waals surface area contributed by atoms with Crippen molar-refractivity contribution in [2.75, 3.05) is 18.9 Å². The van der Waals surface area contributed by atoms with Crippen molar-refractivity contribution in [3.05, 3.63) is 52.8 Å². The van der Waals surface area contributed by atoms with Gasteiger partial charge in [0.1, 0.15) is 17.7 Å². The number of nitrogens with one attached hydrogen (secondary N) is 1. The van der Waals surface area contributed by atoms with Crippen LogP contribution >= 0.6 is 11.6 Å². The molecule has 5 nitrogen and oxygen atoms in total. The third-order valence-corrected chi connectivity index (χ3v) is 4.90. The minimum absolute atomic E-state index is 0.0511. The first kappa shape index (κ1) is 18.6. The minimum Gasteiger partial charge on any atom is -0.474 e. The van der Waals surface area contributed by atoms with Crippen LogP contribution in [0.2, 0.25) is 5.02 Å². The van der Waals surface area contributed by atoms with E-state index in [1.165, 1.54) is 12.1 Å². The molecule has 2 atom stereocenters. The van der Waals surface area contributed by atoms with Gasteiger partial charge in [0.25, 0.3) is 5.91 Å². The summed E-state index contributed by atoms with van der Waals surface area (Å²) in [6.45, 7) is 3.15. The Morgan fingerprint density at radius 1 is 1.38 bits per heavy atom. The summed E-state index contributed by atoms with van der Waals surface area (Å²) < 4.78 is 19.1. The Labute approximate surface area is 157 Å². The van der Waals surface area contributed by atoms with Crippen LogP contribution in [0.3, 0.4) is 0 Å². The van der Waals surface area contributed by atoms with Crippen molar-refractivity contribution < 1.29 is 13.9 Å². The molecule has 0 bridgehead atoms. The van der Waals surface area contributed by atoms with Gasteiger partial charge in [0, 0.05) is 18.7 Å². The van der Waals surface area contributed by atoms with E-state index in [1.54, 1.807) is 18.2 Å². The van der Waals surface area contributed by atoms with E-state index in [1.807, 2.05) is 0 Å². The third-order valence-electron chi connectivity index (χ3n) is 4.59. The van der Waals surface area contributed by atoms with Crippen molar-refractivity contribution in [1.82, 2.24) is 9.88 Å². The fraction of sp³-hybridized carbons (Fsp3) is 0.368. The summed E-state index contributed by atoms with van der Waals surface area (Å²) in [7, 11) is 2.11. The molecule has 2 aromatic rings. The summed E-state index contributed by atoms with van der Waals surface area (Å²) in [4.78, 5) is 19.0. The van der Waals surface area contributed by atoms with Gasteiger partial charge in [0.2, 0.25) is 5.88 Å². The number of hydrogen-bond acceptors (Lipinski definition) is 4. The summed E-state index contributed by atoms with van der Waals surface area (Å²) in [6, 6.07) is 9.29. The Morgan fingerprint density at radius 3 is 2.92 bits per heavy atom. The van der Waals surface area contributed by atoms with Gasteiger partial charge in [0.15, 0.2) is 0 Å². The monoisotopic (exact) mass is 377 g/mol. The van der Waals surface area contributed by atoms with E-state index in [9.17, 15) is 9.18 Å². The Kier molecular flexibility index (Phi) is 5.74. The van der Waals surface area contributed by atoms with Crippen LogP contribution in [0.5, 0.6) is 5.88 Å². The van der Waals surface area contributed by atoms with E-state index < -0.39 is 11.7 Å². The molecule has 1 N–H and O–H groups in total. The highest BCUT2D eigenvalue weighted by Crippen LogP contribution is 2.22. The van der Waals surface area contributed by atoms with Crippen molar-refractivity contribution in [2.24, 2.45) is 0 Å². The van der Waals surface area contributed by atoms with E-state index in [4.69, 9.17) is 16.3 Å². The van der Waals surface area contributed by atoms with E-state index in [2.05, 4.69) is 29.2 Å². The number of ether oxygens (including phenoxy) is 1. The highest BCUT2D eigenvalue weighted by Gasteiger charge is 2.24. The van der Waals surface area contributed by atoms with Crippen molar-refractivity contribution in [1.29, 1.82) is 0 Å². The fourth-order valence-electron chi connectivity index (χ4n) is 2.93. The van der Waals surface area contributed by atoms with Crippen LogP contribution in [0.15, 0.2) is 36.4 Å². The number of rotatable bonds is 4. The number of benzene rings is 1. The quantitative estimate of drug-likeness (QED) is 0.875. The van der Waals surface area contributed by atoms with Crippen LogP contribution in [-0.2, 0) is 0 Å². The maximum absolute atomic E-state index is 13.1. The average Bonchev–Trinajstić information content (AvgIpc) is 2.58. The van der Waals surface area contributed by atoms with Gasteiger partial charge < -0.3 is 15.0 Å². The lowest BCUT2D eigenvalue weighted by atomic mass is 10.0. The fourth-order valence-corrected chi connectivity index (χ4v) is 3.18. The van der Waals surface area contributed by atoms with Crippen molar-refractivity contribution in [3.63, 3.8) is 0 Å². The normalized spacial score (nSPS) is 20.6. The van der Waals surface area contributed by atoms with Crippen molar-refractivity contribution in [3.8, 4) is 5.88 Å². The molecule has 1 aliphatic heterocycles. The van der Waals surface area contributed by atoms with Gasteiger partial charge in [0.05, 0.1) is 10.6 Å². The number of anilines is 1. The molecule has 1 aliphatic rings. The van der Waals surface area contributed by atoms with Gasteiger partial charge in [-0.2, -0.15) is 4.98 Å². The predicted octanol–water partition coefficient (Wildman–Crippen LogP) is 3.99. The molecule has 26 heavy (non-hydrogen) atoms. The number of halogens is 2. The lowest BCUT2D eigenvalue weighted by molar-refractivity contribution is 0.0760. The average molecular weight is 378 g/mol. The molecule has 0 spiro atoms. The predicted molar refractivity (Wildman–Crippen MR) is 99.3 cm³/mol. The molecule has 0 aliphatic carbocycles. The summed E-state index contributed by atoms with van der Waals surface area (Å²) in [5.74, 6) is -0.122. The van der Waals surface area contributed by atoms with Crippen LogP contribution in [0, 0.1) is 5.82 Å². The van der Waals surface area contributed by atoms with Gasteiger partial charge in [-0.1, -0.05) is 17.7 Å². The molecule has 1 saturated heterocycles. The Bertz CT molecular complexity index is 802. The Hall–Kier alpha value is -2.18. The Morgan fingerprint density at radius 2 is 2.19 bits per heavy atom. The topological polar surface area (TPSA) is 54.5 Å². The number of aromatic nitrogens is 1. The number of likely N-dealkylation sites (tertiary alicyclic amines) is 1. The zero-order valence-corrected chi connectivity index (χ0v) is 15.5. The van der Waals surface area contributed by atoms with Crippen molar-refractivity contribution in [2.45, 2.75) is 31.9 Å². The smallest absolute Gasteiger partial charge is 0.258 e. The molecule has 1 amide bonds. The van der Waals surface area contributed by atoms with Crippen LogP contribution in [0.25, 0.3) is 0 Å². The SMILES string of the molecule is CC1CC(Oc2cccc(NC(=O)c3ccc(F)cc3Cl)n2)CCN1C. The molecule has 7 heteroatoms. The number of carbonyl (C=O) groups is 1. The molecule has 3 rings (SSSR count). The van der Waals surface area contributed by atoms with E-state index in [0.717, 1.165) is 25.5 Å². The molecule has 2 unspecified atom stereocenters. The first-order valence-corrected chi connectivity index (χ1v) is 8.90. The second kappa shape index (κ2) is 8.01. The van der Waals surface area contributed by atoms with Crippen LogP contribution in [-0.4, -0.2) is 41.5 Å². The summed E-state index contributed by atoms with van der Waals surface area (Å²) >= 11 is 5.93. The zero-order valence-electron chi connectivity index (χ0n) is 14.7. The zero-order chi connectivity index (χ0) is 18.7. The summed E-state index contributed by atoms with van der Waals surface area (Å²) in [5.41, 5.74) is 0.185. The van der Waals surface area contributed by atoms with Gasteiger partial charge in [-0.25, -0.2) is 4.39 Å². The van der Waals surface area contributed by atoms with E-state index >= 15 is 0 Å². The number of piperidine rings is 1. The third kappa shape index (κ3) is 4.51. The van der Waals surface area contributed by atoms with Gasteiger partial charge >= 0.3 is 0 Å². The maximum atomic E-state index is 13.1. The highest BCUT2D eigenvalue weighted by atomic mass is 35.5. The van der Waals surface area contributed by atoms with E-state index in [0.29, 0.717) is 17.7 Å². The molecule has 1 aromatic heterocycles. The minimum atomic E-state index is -0.493. The van der Waals surface area contributed by atoms with Crippen molar-refractivity contribution >= 4 is 23.3 Å². The molecule has 138 valence electrons. The number of hydrogen-bond donors (Lipinski definition) is 1.